The summed E-state index contributed by atoms with van der Waals surface area (Å²) in [7, 11) is -3.52. The average Bonchev–Trinajstić information content (AvgIpc) is 3.22. The molecular weight excluding hydrogens is 424 g/mol. The molecule has 7 nitrogen and oxygen atoms in total. The molecule has 0 spiro atoms. The summed E-state index contributed by atoms with van der Waals surface area (Å²) in [6.07, 6.45) is 2.79. The number of sulfone groups is 1. The second kappa shape index (κ2) is 8.55. The van der Waals surface area contributed by atoms with Crippen LogP contribution in [-0.2, 0) is 16.4 Å². The molecule has 0 N–H and O–H groups in total. The molecule has 0 aliphatic rings. The van der Waals surface area contributed by atoms with Crippen molar-refractivity contribution in [2.75, 3.05) is 17.7 Å². The average molecular weight is 449 g/mol. The van der Waals surface area contributed by atoms with E-state index in [1.54, 1.807) is 35.1 Å². The molecule has 0 unspecified atom stereocenters. The third-order valence-electron chi connectivity index (χ3n) is 5.33. The number of fused-ring (bicyclic) bond motifs is 1. The number of nitrogens with zero attached hydrogens (tertiary/aromatic N) is 4. The van der Waals surface area contributed by atoms with Crippen LogP contribution in [0.2, 0.25) is 0 Å². The van der Waals surface area contributed by atoms with Crippen molar-refractivity contribution in [3.63, 3.8) is 0 Å². The summed E-state index contributed by atoms with van der Waals surface area (Å²) in [5.41, 5.74) is 2.94. The van der Waals surface area contributed by atoms with E-state index in [0.29, 0.717) is 41.1 Å². The zero-order valence-corrected chi connectivity index (χ0v) is 19.0. The SMILES string of the molecule is CCN(C(=O)c1cc(-c2ccccc2)nc2c1cnn2CC)c1ccccc1S(C)(=O)=O. The fourth-order valence-electron chi connectivity index (χ4n) is 3.78. The van der Waals surface area contributed by atoms with E-state index < -0.39 is 9.84 Å². The van der Waals surface area contributed by atoms with Crippen LogP contribution in [0.25, 0.3) is 22.3 Å². The molecule has 0 radical (unpaired) electrons. The van der Waals surface area contributed by atoms with E-state index in [9.17, 15) is 13.2 Å². The van der Waals surface area contributed by atoms with Crippen molar-refractivity contribution in [3.05, 3.63) is 72.4 Å². The summed E-state index contributed by atoms with van der Waals surface area (Å²) in [5, 5.41) is 5.03. The molecular formula is C24H24N4O3S. The van der Waals surface area contributed by atoms with Crippen LogP contribution in [0.5, 0.6) is 0 Å². The van der Waals surface area contributed by atoms with E-state index >= 15 is 0 Å². The molecule has 2 aromatic heterocycles. The van der Waals surface area contributed by atoms with Crippen LogP contribution in [0.1, 0.15) is 24.2 Å². The number of aromatic nitrogens is 3. The Balaban J connectivity index is 1.93. The van der Waals surface area contributed by atoms with E-state index in [0.717, 1.165) is 11.8 Å². The maximum atomic E-state index is 13.8. The Morgan fingerprint density at radius 2 is 1.72 bits per heavy atom. The zero-order chi connectivity index (χ0) is 22.9. The van der Waals surface area contributed by atoms with Gasteiger partial charge in [-0.3, -0.25) is 4.79 Å². The summed E-state index contributed by atoms with van der Waals surface area (Å²) < 4.78 is 26.5. The summed E-state index contributed by atoms with van der Waals surface area (Å²) in [6.45, 7) is 4.70. The van der Waals surface area contributed by atoms with Crippen LogP contribution in [0.3, 0.4) is 0 Å². The van der Waals surface area contributed by atoms with Gasteiger partial charge in [0.2, 0.25) is 0 Å². The third kappa shape index (κ3) is 3.89. The summed E-state index contributed by atoms with van der Waals surface area (Å²) in [5.74, 6) is -0.302. The molecule has 0 atom stereocenters. The highest BCUT2D eigenvalue weighted by atomic mass is 32.2. The summed E-state index contributed by atoms with van der Waals surface area (Å²) >= 11 is 0. The van der Waals surface area contributed by atoms with Gasteiger partial charge in [0, 0.05) is 24.9 Å². The van der Waals surface area contributed by atoms with E-state index in [2.05, 4.69) is 5.10 Å². The normalized spacial score (nSPS) is 11.6. The second-order valence-electron chi connectivity index (χ2n) is 7.41. The van der Waals surface area contributed by atoms with Gasteiger partial charge in [0.05, 0.1) is 33.4 Å². The Labute approximate surface area is 187 Å². The van der Waals surface area contributed by atoms with E-state index in [4.69, 9.17) is 4.98 Å². The predicted molar refractivity (Wildman–Crippen MR) is 126 cm³/mol. The molecule has 0 aliphatic carbocycles. The van der Waals surface area contributed by atoms with Gasteiger partial charge in [-0.15, -0.1) is 0 Å². The zero-order valence-electron chi connectivity index (χ0n) is 18.2. The summed E-state index contributed by atoms with van der Waals surface area (Å²) in [4.78, 5) is 20.2. The highest BCUT2D eigenvalue weighted by Crippen LogP contribution is 2.30. The van der Waals surface area contributed by atoms with Gasteiger partial charge in [0.1, 0.15) is 0 Å². The van der Waals surface area contributed by atoms with E-state index in [-0.39, 0.29) is 10.8 Å². The van der Waals surface area contributed by atoms with Gasteiger partial charge >= 0.3 is 0 Å². The molecule has 2 aromatic carbocycles. The Morgan fingerprint density at radius 1 is 1.03 bits per heavy atom. The third-order valence-corrected chi connectivity index (χ3v) is 6.47. The largest absolute Gasteiger partial charge is 0.307 e. The number of hydrogen-bond donors (Lipinski definition) is 0. The number of rotatable bonds is 6. The Bertz CT molecular complexity index is 1400. The fourth-order valence-corrected chi connectivity index (χ4v) is 4.66. The minimum atomic E-state index is -3.52. The predicted octanol–water partition coefficient (Wildman–Crippen LogP) is 4.19. The van der Waals surface area contributed by atoms with E-state index in [1.165, 1.54) is 11.0 Å². The van der Waals surface area contributed by atoms with Crippen LogP contribution in [-0.4, -0.2) is 41.9 Å². The molecule has 4 rings (SSSR count). The Kier molecular flexibility index (Phi) is 5.80. The van der Waals surface area contributed by atoms with Gasteiger partial charge in [-0.25, -0.2) is 18.1 Å². The lowest BCUT2D eigenvalue weighted by molar-refractivity contribution is 0.0989. The Morgan fingerprint density at radius 3 is 2.38 bits per heavy atom. The molecule has 0 bridgehead atoms. The van der Waals surface area contributed by atoms with Gasteiger partial charge in [0.25, 0.3) is 5.91 Å². The lowest BCUT2D eigenvalue weighted by Crippen LogP contribution is -2.32. The standard InChI is InChI=1S/C24H24N4O3S/c1-4-27(21-13-9-10-14-22(21)32(3,30)31)24(29)18-15-20(17-11-7-6-8-12-17)26-23-19(18)16-25-28(23)5-2/h6-16H,4-5H2,1-3H3. The van der Waals surface area contributed by atoms with Crippen LogP contribution >= 0.6 is 0 Å². The van der Waals surface area contributed by atoms with Crippen molar-refractivity contribution in [1.29, 1.82) is 0 Å². The number of anilines is 1. The Hall–Kier alpha value is -3.52. The van der Waals surface area contributed by atoms with Crippen LogP contribution in [0.4, 0.5) is 5.69 Å². The van der Waals surface area contributed by atoms with Gasteiger partial charge in [-0.1, -0.05) is 42.5 Å². The van der Waals surface area contributed by atoms with Gasteiger partial charge in [0.15, 0.2) is 15.5 Å². The van der Waals surface area contributed by atoms with E-state index in [1.807, 2.05) is 44.2 Å². The van der Waals surface area contributed by atoms with Crippen molar-refractivity contribution in [1.82, 2.24) is 14.8 Å². The highest BCUT2D eigenvalue weighted by molar-refractivity contribution is 7.90. The molecule has 1 amide bonds. The smallest absolute Gasteiger partial charge is 0.259 e. The van der Waals surface area contributed by atoms with Crippen molar-refractivity contribution < 1.29 is 13.2 Å². The minimum Gasteiger partial charge on any atom is -0.307 e. The van der Waals surface area contributed by atoms with Crippen molar-refractivity contribution in [2.45, 2.75) is 25.3 Å². The first kappa shape index (κ1) is 21.7. The van der Waals surface area contributed by atoms with Gasteiger partial charge in [-0.2, -0.15) is 5.10 Å². The van der Waals surface area contributed by atoms with Gasteiger partial charge < -0.3 is 4.90 Å². The molecule has 8 heteroatoms. The molecule has 164 valence electrons. The monoisotopic (exact) mass is 448 g/mol. The lowest BCUT2D eigenvalue weighted by atomic mass is 10.1. The fraction of sp³-hybridized carbons (Fsp3) is 0.208. The van der Waals surface area contributed by atoms with Crippen molar-refractivity contribution >= 4 is 32.5 Å². The number of hydrogen-bond acceptors (Lipinski definition) is 5. The maximum absolute atomic E-state index is 13.8. The number of pyridine rings is 1. The number of benzene rings is 2. The number of carbonyl (C=O) groups excluding carboxylic acids is 1. The number of carbonyl (C=O) groups is 1. The minimum absolute atomic E-state index is 0.119. The summed E-state index contributed by atoms with van der Waals surface area (Å²) in [6, 6.07) is 17.9. The van der Waals surface area contributed by atoms with Crippen LogP contribution in [0, 0.1) is 0 Å². The molecule has 4 aromatic rings. The van der Waals surface area contributed by atoms with Crippen molar-refractivity contribution in [3.8, 4) is 11.3 Å². The quantitative estimate of drug-likeness (QED) is 0.442. The first-order chi connectivity index (χ1) is 15.3. The van der Waals surface area contributed by atoms with Crippen LogP contribution in [0.15, 0.2) is 71.8 Å². The lowest BCUT2D eigenvalue weighted by Gasteiger charge is -2.24. The highest BCUT2D eigenvalue weighted by Gasteiger charge is 2.25. The first-order valence-corrected chi connectivity index (χ1v) is 12.3. The van der Waals surface area contributed by atoms with Crippen LogP contribution < -0.4 is 4.90 Å². The van der Waals surface area contributed by atoms with Gasteiger partial charge in [-0.05, 0) is 32.0 Å². The number of para-hydroxylation sites is 1. The molecule has 0 saturated carbocycles. The van der Waals surface area contributed by atoms with Crippen molar-refractivity contribution in [2.24, 2.45) is 0 Å². The maximum Gasteiger partial charge on any atom is 0.259 e. The molecule has 0 saturated heterocycles. The molecule has 0 fully saturated rings. The molecule has 0 aliphatic heterocycles. The first-order valence-electron chi connectivity index (χ1n) is 10.4. The molecule has 32 heavy (non-hydrogen) atoms. The second-order valence-corrected chi connectivity index (χ2v) is 9.39. The topological polar surface area (TPSA) is 85.2 Å². The number of aryl methyl sites for hydroxylation is 1. The number of amides is 1. The molecule has 2 heterocycles.